The summed E-state index contributed by atoms with van der Waals surface area (Å²) in [6.07, 6.45) is 1.30. The van der Waals surface area contributed by atoms with Gasteiger partial charge in [-0.2, -0.15) is 0 Å². The van der Waals surface area contributed by atoms with Crippen molar-refractivity contribution < 1.29 is 14.3 Å². The second-order valence-corrected chi connectivity index (χ2v) is 5.99. The van der Waals surface area contributed by atoms with E-state index in [1.165, 1.54) is 13.3 Å². The largest absolute Gasteiger partial charge is 0.456 e. The third-order valence-electron chi connectivity index (χ3n) is 2.26. The third kappa shape index (κ3) is 6.40. The molecule has 0 aliphatic carbocycles. The monoisotopic (exact) mass is 314 g/mol. The molecular weight excluding hydrogens is 296 g/mol. The number of ether oxygens (including phenoxy) is 1. The number of halogens is 1. The molecule has 1 amide bonds. The molecule has 0 saturated carbocycles. The molecule has 0 saturated heterocycles. The van der Waals surface area contributed by atoms with Gasteiger partial charge in [0.15, 0.2) is 17.6 Å². The van der Waals surface area contributed by atoms with E-state index in [-0.39, 0.29) is 22.9 Å². The molecule has 0 bridgehead atoms. The summed E-state index contributed by atoms with van der Waals surface area (Å²) >= 11 is 5.97. The number of carbonyl (C=O) groups is 2. The summed E-state index contributed by atoms with van der Waals surface area (Å²) in [6, 6.07) is 0. The predicted octanol–water partition coefficient (Wildman–Crippen LogP) is 2.09. The highest BCUT2D eigenvalue weighted by Crippen LogP contribution is 2.27. The molecule has 0 unspecified atom stereocenters. The summed E-state index contributed by atoms with van der Waals surface area (Å²) in [7, 11) is 0. The number of amides is 1. The van der Waals surface area contributed by atoms with Gasteiger partial charge >= 0.3 is 5.97 Å². The van der Waals surface area contributed by atoms with Crippen molar-refractivity contribution in [2.24, 2.45) is 5.41 Å². The Morgan fingerprint density at radius 2 is 2.00 bits per heavy atom. The Morgan fingerprint density at radius 3 is 2.57 bits per heavy atom. The van der Waals surface area contributed by atoms with Crippen LogP contribution in [0.3, 0.4) is 0 Å². The van der Waals surface area contributed by atoms with E-state index in [9.17, 15) is 9.59 Å². The quantitative estimate of drug-likeness (QED) is 0.638. The number of hydrogen-bond donors (Lipinski definition) is 2. The molecule has 2 N–H and O–H groups in total. The number of aromatic nitrogens is 2. The zero-order chi connectivity index (χ0) is 16.0. The minimum absolute atomic E-state index is 0.0243. The van der Waals surface area contributed by atoms with Gasteiger partial charge < -0.3 is 15.4 Å². The average Bonchev–Trinajstić information content (AvgIpc) is 2.36. The van der Waals surface area contributed by atoms with E-state index in [2.05, 4.69) is 46.1 Å². The average molecular weight is 315 g/mol. The van der Waals surface area contributed by atoms with Crippen molar-refractivity contribution in [2.45, 2.75) is 27.7 Å². The SMILES string of the molecule is CC(=O)OCC(=O)Nc1c(Cl)ncnc1NCC(C)(C)C. The Bertz CT molecular complexity index is 529. The summed E-state index contributed by atoms with van der Waals surface area (Å²) in [5.41, 5.74) is 0.289. The van der Waals surface area contributed by atoms with Gasteiger partial charge in [-0.3, -0.25) is 9.59 Å². The standard InChI is InChI=1S/C13H19ClN4O3/c1-8(19)21-5-9(20)18-10-11(14)16-7-17-12(10)15-6-13(2,3)4/h7H,5-6H2,1-4H3,(H,18,20)(H,15,16,17). The number of anilines is 2. The van der Waals surface area contributed by atoms with Crippen molar-refractivity contribution in [2.75, 3.05) is 23.8 Å². The van der Waals surface area contributed by atoms with Crippen molar-refractivity contribution in [3.63, 3.8) is 0 Å². The van der Waals surface area contributed by atoms with E-state index in [1.54, 1.807) is 0 Å². The molecule has 116 valence electrons. The molecule has 0 aliphatic heterocycles. The van der Waals surface area contributed by atoms with Gasteiger partial charge in [-0.25, -0.2) is 9.97 Å². The maximum atomic E-state index is 11.7. The smallest absolute Gasteiger partial charge is 0.303 e. The van der Waals surface area contributed by atoms with Crippen molar-refractivity contribution >= 4 is 35.0 Å². The summed E-state index contributed by atoms with van der Waals surface area (Å²) < 4.78 is 4.61. The highest BCUT2D eigenvalue weighted by molar-refractivity contribution is 6.33. The van der Waals surface area contributed by atoms with Crippen LogP contribution in [0.1, 0.15) is 27.7 Å². The number of nitrogens with zero attached hydrogens (tertiary/aromatic N) is 2. The van der Waals surface area contributed by atoms with Crippen LogP contribution in [-0.2, 0) is 14.3 Å². The first-order chi connectivity index (χ1) is 9.69. The lowest BCUT2D eigenvalue weighted by atomic mass is 9.97. The fourth-order valence-corrected chi connectivity index (χ4v) is 1.48. The molecule has 0 aliphatic rings. The second-order valence-electron chi connectivity index (χ2n) is 5.63. The Hall–Kier alpha value is -1.89. The normalized spacial score (nSPS) is 10.9. The predicted molar refractivity (Wildman–Crippen MR) is 80.2 cm³/mol. The van der Waals surface area contributed by atoms with Gasteiger partial charge in [0.05, 0.1) is 0 Å². The highest BCUT2D eigenvalue weighted by atomic mass is 35.5. The maximum absolute atomic E-state index is 11.7. The van der Waals surface area contributed by atoms with E-state index >= 15 is 0 Å². The lowest BCUT2D eigenvalue weighted by Crippen LogP contribution is -2.23. The van der Waals surface area contributed by atoms with Gasteiger partial charge in [-0.1, -0.05) is 32.4 Å². The third-order valence-corrected chi connectivity index (χ3v) is 2.54. The van der Waals surface area contributed by atoms with Gasteiger partial charge in [0, 0.05) is 13.5 Å². The van der Waals surface area contributed by atoms with E-state index < -0.39 is 11.9 Å². The molecule has 1 aromatic rings. The zero-order valence-electron chi connectivity index (χ0n) is 12.5. The number of carbonyl (C=O) groups excluding carboxylic acids is 2. The lowest BCUT2D eigenvalue weighted by Gasteiger charge is -2.20. The molecule has 1 rings (SSSR count). The first kappa shape index (κ1) is 17.2. The van der Waals surface area contributed by atoms with Gasteiger partial charge in [0.2, 0.25) is 0 Å². The molecule has 0 radical (unpaired) electrons. The van der Waals surface area contributed by atoms with E-state index in [0.29, 0.717) is 12.4 Å². The number of hydrogen-bond acceptors (Lipinski definition) is 6. The Kier molecular flexibility index (Phi) is 5.90. The Morgan fingerprint density at radius 1 is 1.33 bits per heavy atom. The van der Waals surface area contributed by atoms with Crippen LogP contribution in [0.2, 0.25) is 5.15 Å². The molecular formula is C13H19ClN4O3. The van der Waals surface area contributed by atoms with Gasteiger partial charge in [-0.05, 0) is 5.41 Å². The summed E-state index contributed by atoms with van der Waals surface area (Å²) in [4.78, 5) is 30.3. The first-order valence-corrected chi connectivity index (χ1v) is 6.74. The van der Waals surface area contributed by atoms with Gasteiger partial charge in [-0.15, -0.1) is 0 Å². The minimum Gasteiger partial charge on any atom is -0.456 e. The summed E-state index contributed by atoms with van der Waals surface area (Å²) in [6.45, 7) is 7.64. The molecule has 1 aromatic heterocycles. The van der Waals surface area contributed by atoms with Crippen molar-refractivity contribution in [3.05, 3.63) is 11.5 Å². The fourth-order valence-electron chi connectivity index (χ4n) is 1.30. The van der Waals surface area contributed by atoms with E-state index in [0.717, 1.165) is 0 Å². The van der Waals surface area contributed by atoms with Gasteiger partial charge in [0.1, 0.15) is 12.0 Å². The van der Waals surface area contributed by atoms with Crippen LogP contribution in [0, 0.1) is 5.41 Å². The highest BCUT2D eigenvalue weighted by Gasteiger charge is 2.16. The summed E-state index contributed by atoms with van der Waals surface area (Å²) in [5.74, 6) is -0.631. The van der Waals surface area contributed by atoms with Crippen LogP contribution >= 0.6 is 11.6 Å². The first-order valence-electron chi connectivity index (χ1n) is 6.36. The van der Waals surface area contributed by atoms with Crippen LogP contribution in [0.15, 0.2) is 6.33 Å². The van der Waals surface area contributed by atoms with Crippen LogP contribution in [0.25, 0.3) is 0 Å². The minimum atomic E-state index is -0.536. The topological polar surface area (TPSA) is 93.2 Å². The number of nitrogens with one attached hydrogen (secondary N) is 2. The molecule has 7 nitrogen and oxygen atoms in total. The molecule has 21 heavy (non-hydrogen) atoms. The van der Waals surface area contributed by atoms with Gasteiger partial charge in [0.25, 0.3) is 5.91 Å². The second kappa shape index (κ2) is 7.21. The van der Waals surface area contributed by atoms with E-state index in [4.69, 9.17) is 11.6 Å². The molecule has 1 heterocycles. The van der Waals surface area contributed by atoms with Crippen LogP contribution in [0.4, 0.5) is 11.5 Å². The molecule has 0 fully saturated rings. The van der Waals surface area contributed by atoms with Crippen molar-refractivity contribution in [1.29, 1.82) is 0 Å². The van der Waals surface area contributed by atoms with Crippen LogP contribution in [0.5, 0.6) is 0 Å². The molecule has 8 heteroatoms. The van der Waals surface area contributed by atoms with Crippen molar-refractivity contribution in [3.8, 4) is 0 Å². The van der Waals surface area contributed by atoms with Crippen LogP contribution in [-0.4, -0.2) is 35.0 Å². The molecule has 0 atom stereocenters. The lowest BCUT2D eigenvalue weighted by molar-refractivity contribution is -0.144. The fraction of sp³-hybridized carbons (Fsp3) is 0.538. The summed E-state index contributed by atoms with van der Waals surface area (Å²) in [5, 5.41) is 5.75. The number of esters is 1. The van der Waals surface area contributed by atoms with Crippen molar-refractivity contribution in [1.82, 2.24) is 9.97 Å². The van der Waals surface area contributed by atoms with E-state index in [1.807, 2.05) is 0 Å². The molecule has 0 spiro atoms. The Balaban J connectivity index is 2.80. The number of rotatable bonds is 5. The zero-order valence-corrected chi connectivity index (χ0v) is 13.2. The van der Waals surface area contributed by atoms with Crippen LogP contribution < -0.4 is 10.6 Å². The molecule has 0 aromatic carbocycles. The Labute approximate surface area is 128 Å². The maximum Gasteiger partial charge on any atom is 0.303 e.